The number of nitrogens with one attached hydrogen (secondary N) is 1. The fraction of sp³-hybridized carbons (Fsp3) is 0.750. The number of carbonyl (C=O) groups excluding carboxylic acids is 3. The zero-order valence-electron chi connectivity index (χ0n) is 11.8. The van der Waals surface area contributed by atoms with E-state index in [0.717, 1.165) is 0 Å². The molecule has 0 aromatic rings. The Hall–Kier alpha value is -1.63. The molecular formula is C12H22N4O3. The van der Waals surface area contributed by atoms with Crippen molar-refractivity contribution in [2.75, 3.05) is 53.4 Å². The first-order chi connectivity index (χ1) is 8.90. The Morgan fingerprint density at radius 3 is 2.00 bits per heavy atom. The first kappa shape index (κ1) is 15.4. The summed E-state index contributed by atoms with van der Waals surface area (Å²) in [5.41, 5.74) is 0. The average molecular weight is 270 g/mol. The summed E-state index contributed by atoms with van der Waals surface area (Å²) < 4.78 is 0. The van der Waals surface area contributed by atoms with Crippen LogP contribution >= 0.6 is 0 Å². The van der Waals surface area contributed by atoms with Gasteiger partial charge in [0.1, 0.15) is 0 Å². The molecule has 7 nitrogen and oxygen atoms in total. The van der Waals surface area contributed by atoms with Gasteiger partial charge in [-0.25, -0.2) is 0 Å². The number of nitrogens with zero attached hydrogens (tertiary/aromatic N) is 3. The minimum absolute atomic E-state index is 0.00840. The second-order valence-electron chi connectivity index (χ2n) is 4.82. The normalized spacial score (nSPS) is 18.9. The molecule has 3 amide bonds. The number of hydrogen-bond donors (Lipinski definition) is 1. The summed E-state index contributed by atoms with van der Waals surface area (Å²) in [5, 5.41) is 2.67. The zero-order valence-corrected chi connectivity index (χ0v) is 11.8. The lowest BCUT2D eigenvalue weighted by Gasteiger charge is -2.22. The lowest BCUT2D eigenvalue weighted by atomic mass is 10.4. The fourth-order valence-corrected chi connectivity index (χ4v) is 1.78. The molecule has 0 radical (unpaired) electrons. The molecule has 1 N–H and O–H groups in total. The van der Waals surface area contributed by atoms with Crippen LogP contribution in [0, 0.1) is 0 Å². The Labute approximate surface area is 113 Å². The summed E-state index contributed by atoms with van der Waals surface area (Å²) in [4.78, 5) is 39.6. The largest absolute Gasteiger partial charge is 0.355 e. The van der Waals surface area contributed by atoms with Crippen LogP contribution in [0.1, 0.15) is 6.92 Å². The Balaban J connectivity index is 2.62. The van der Waals surface area contributed by atoms with Gasteiger partial charge in [0.2, 0.25) is 17.7 Å². The van der Waals surface area contributed by atoms with E-state index in [1.807, 2.05) is 0 Å². The molecule has 0 aromatic heterocycles. The van der Waals surface area contributed by atoms with Crippen molar-refractivity contribution in [3.8, 4) is 0 Å². The molecule has 108 valence electrons. The highest BCUT2D eigenvalue weighted by molar-refractivity contribution is 5.82. The van der Waals surface area contributed by atoms with Crippen LogP contribution < -0.4 is 5.32 Å². The average Bonchev–Trinajstić information content (AvgIpc) is 2.37. The molecule has 0 saturated carbocycles. The highest BCUT2D eigenvalue weighted by Gasteiger charge is 2.22. The van der Waals surface area contributed by atoms with E-state index in [1.54, 1.807) is 28.8 Å². The van der Waals surface area contributed by atoms with Crippen molar-refractivity contribution < 1.29 is 14.4 Å². The molecule has 0 aliphatic carbocycles. The third kappa shape index (κ3) is 5.25. The van der Waals surface area contributed by atoms with Crippen molar-refractivity contribution in [1.29, 1.82) is 0 Å². The molecule has 0 atom stereocenters. The smallest absolute Gasteiger partial charge is 0.236 e. The van der Waals surface area contributed by atoms with Crippen LogP contribution in [-0.2, 0) is 14.4 Å². The van der Waals surface area contributed by atoms with E-state index in [1.165, 1.54) is 6.92 Å². The van der Waals surface area contributed by atoms with Gasteiger partial charge in [-0.1, -0.05) is 0 Å². The van der Waals surface area contributed by atoms with Crippen LogP contribution in [0.5, 0.6) is 0 Å². The van der Waals surface area contributed by atoms with Crippen molar-refractivity contribution in [3.05, 3.63) is 0 Å². The van der Waals surface area contributed by atoms with Gasteiger partial charge in [0, 0.05) is 47.2 Å². The lowest BCUT2D eigenvalue weighted by molar-refractivity contribution is -0.131. The minimum Gasteiger partial charge on any atom is -0.355 e. The summed E-state index contributed by atoms with van der Waals surface area (Å²) in [6, 6.07) is 0. The molecule has 1 aliphatic rings. The summed E-state index contributed by atoms with van der Waals surface area (Å²) in [7, 11) is 3.47. The summed E-state index contributed by atoms with van der Waals surface area (Å²) >= 11 is 0. The van der Waals surface area contributed by atoms with Crippen molar-refractivity contribution in [3.63, 3.8) is 0 Å². The van der Waals surface area contributed by atoms with Gasteiger partial charge < -0.3 is 15.1 Å². The molecule has 0 unspecified atom stereocenters. The van der Waals surface area contributed by atoms with Gasteiger partial charge in [-0.15, -0.1) is 0 Å². The van der Waals surface area contributed by atoms with Gasteiger partial charge in [-0.3, -0.25) is 19.3 Å². The highest BCUT2D eigenvalue weighted by atomic mass is 16.2. The van der Waals surface area contributed by atoms with Crippen LogP contribution in [0.4, 0.5) is 0 Å². The number of rotatable bonds is 3. The first-order valence-corrected chi connectivity index (χ1v) is 6.35. The maximum absolute atomic E-state index is 11.9. The van der Waals surface area contributed by atoms with E-state index >= 15 is 0 Å². The second-order valence-corrected chi connectivity index (χ2v) is 4.82. The maximum atomic E-state index is 11.9. The van der Waals surface area contributed by atoms with E-state index in [-0.39, 0.29) is 30.8 Å². The van der Waals surface area contributed by atoms with Gasteiger partial charge in [-0.2, -0.15) is 0 Å². The van der Waals surface area contributed by atoms with E-state index in [9.17, 15) is 14.4 Å². The summed E-state index contributed by atoms with van der Waals surface area (Å²) in [6.45, 7) is 3.85. The maximum Gasteiger partial charge on any atom is 0.236 e. The second kappa shape index (κ2) is 7.08. The van der Waals surface area contributed by atoms with Crippen LogP contribution in [0.2, 0.25) is 0 Å². The number of likely N-dealkylation sites (N-methyl/N-ethyl adjacent to an activating group) is 2. The van der Waals surface area contributed by atoms with E-state index in [0.29, 0.717) is 26.2 Å². The van der Waals surface area contributed by atoms with Crippen molar-refractivity contribution >= 4 is 17.7 Å². The third-order valence-corrected chi connectivity index (χ3v) is 3.14. The van der Waals surface area contributed by atoms with Gasteiger partial charge in [0.15, 0.2) is 0 Å². The predicted octanol–water partition coefficient (Wildman–Crippen LogP) is -1.65. The van der Waals surface area contributed by atoms with Gasteiger partial charge in [0.25, 0.3) is 0 Å². The first-order valence-electron chi connectivity index (χ1n) is 6.35. The molecular weight excluding hydrogens is 248 g/mol. The molecule has 19 heavy (non-hydrogen) atoms. The van der Waals surface area contributed by atoms with Crippen molar-refractivity contribution in [2.24, 2.45) is 0 Å². The monoisotopic (exact) mass is 270 g/mol. The molecule has 1 aliphatic heterocycles. The van der Waals surface area contributed by atoms with Gasteiger partial charge in [0.05, 0.1) is 13.1 Å². The summed E-state index contributed by atoms with van der Waals surface area (Å²) in [5.74, 6) is -0.131. The predicted molar refractivity (Wildman–Crippen MR) is 70.4 cm³/mol. The van der Waals surface area contributed by atoms with Crippen LogP contribution in [0.3, 0.4) is 0 Å². The molecule has 1 saturated heterocycles. The molecule has 0 bridgehead atoms. The molecule has 1 fully saturated rings. The number of amides is 3. The molecule has 0 spiro atoms. The van der Waals surface area contributed by atoms with Crippen LogP contribution in [0.15, 0.2) is 0 Å². The quantitative estimate of drug-likeness (QED) is 0.667. The fourth-order valence-electron chi connectivity index (χ4n) is 1.78. The summed E-state index contributed by atoms with van der Waals surface area (Å²) in [6.07, 6.45) is 0. The Kier molecular flexibility index (Phi) is 5.75. The van der Waals surface area contributed by atoms with Crippen LogP contribution in [-0.4, -0.2) is 85.8 Å². The van der Waals surface area contributed by atoms with Crippen LogP contribution in [0.25, 0.3) is 0 Å². The Bertz CT molecular complexity index is 335. The van der Waals surface area contributed by atoms with E-state index in [4.69, 9.17) is 0 Å². The van der Waals surface area contributed by atoms with E-state index < -0.39 is 0 Å². The van der Waals surface area contributed by atoms with Gasteiger partial charge in [-0.05, 0) is 0 Å². The number of hydrogen-bond acceptors (Lipinski definition) is 4. The topological polar surface area (TPSA) is 73.0 Å². The number of carbonyl (C=O) groups is 3. The van der Waals surface area contributed by atoms with Crippen molar-refractivity contribution in [1.82, 2.24) is 20.0 Å². The minimum atomic E-state index is -0.115. The molecule has 1 heterocycles. The standard InChI is InChI=1S/C12H22N4O3/c1-10(17)13-4-5-16-8-11(18)14(2)6-7-15(3)12(19)9-16/h4-9H2,1-3H3,(H,13,17). The molecule has 1 rings (SSSR count). The lowest BCUT2D eigenvalue weighted by Crippen LogP contribution is -2.43. The third-order valence-electron chi connectivity index (χ3n) is 3.14. The Morgan fingerprint density at radius 2 is 1.58 bits per heavy atom. The highest BCUT2D eigenvalue weighted by Crippen LogP contribution is 1.99. The van der Waals surface area contributed by atoms with Crippen molar-refractivity contribution in [2.45, 2.75) is 6.92 Å². The van der Waals surface area contributed by atoms with E-state index in [2.05, 4.69) is 5.32 Å². The zero-order chi connectivity index (χ0) is 14.4. The molecule has 0 aromatic carbocycles. The SMILES string of the molecule is CC(=O)NCCN1CC(=O)N(C)CCN(C)C(=O)C1. The Morgan fingerprint density at radius 1 is 1.11 bits per heavy atom. The molecule has 7 heteroatoms. The van der Waals surface area contributed by atoms with Gasteiger partial charge >= 0.3 is 0 Å².